The molecule has 10 nitrogen and oxygen atoms in total. The second-order valence-electron chi connectivity index (χ2n) is 19.4. The van der Waals surface area contributed by atoms with Gasteiger partial charge in [-0.3, -0.25) is 23.4 Å². The first-order chi connectivity index (χ1) is 36.2. The lowest BCUT2D eigenvalue weighted by Gasteiger charge is -2.20. The van der Waals surface area contributed by atoms with Crippen LogP contribution in [0.2, 0.25) is 0 Å². The maximum atomic E-state index is 12.9. The predicted octanol–water partition coefficient (Wildman–Crippen LogP) is 18.2. The molecule has 0 aliphatic rings. The molecule has 424 valence electrons. The third kappa shape index (κ3) is 56.2. The van der Waals surface area contributed by atoms with Gasteiger partial charge < -0.3 is 19.7 Å². The van der Waals surface area contributed by atoms with Gasteiger partial charge in [0.15, 0.2) is 6.10 Å². The van der Waals surface area contributed by atoms with Crippen LogP contribution in [0.5, 0.6) is 0 Å². The van der Waals surface area contributed by atoms with Crippen LogP contribution in [0.1, 0.15) is 252 Å². The summed E-state index contributed by atoms with van der Waals surface area (Å²) in [5.41, 5.74) is 0. The molecule has 0 saturated carbocycles. The molecular formula is C63H108NO9P. The van der Waals surface area contributed by atoms with Crippen LogP contribution in [0.15, 0.2) is 97.2 Å². The number of nitrogens with one attached hydrogen (secondary N) is 1. The van der Waals surface area contributed by atoms with Gasteiger partial charge in [-0.2, -0.15) is 0 Å². The fraction of sp³-hybridized carbons (Fsp3) is 0.698. The zero-order valence-corrected chi connectivity index (χ0v) is 48.2. The van der Waals surface area contributed by atoms with Crippen molar-refractivity contribution in [2.75, 3.05) is 26.4 Å². The Morgan fingerprint density at radius 1 is 0.419 bits per heavy atom. The summed E-state index contributed by atoms with van der Waals surface area (Å²) in [6, 6.07) is 0. The molecule has 0 spiro atoms. The molecule has 0 aliphatic carbocycles. The van der Waals surface area contributed by atoms with Crippen LogP contribution in [0.25, 0.3) is 0 Å². The van der Waals surface area contributed by atoms with Crippen LogP contribution < -0.4 is 5.32 Å². The molecule has 0 aliphatic heterocycles. The van der Waals surface area contributed by atoms with Crippen LogP contribution in [-0.2, 0) is 37.5 Å². The lowest BCUT2D eigenvalue weighted by atomic mass is 10.0. The topological polar surface area (TPSA) is 137 Å². The first-order valence-corrected chi connectivity index (χ1v) is 31.2. The van der Waals surface area contributed by atoms with Crippen molar-refractivity contribution in [2.24, 2.45) is 0 Å². The summed E-state index contributed by atoms with van der Waals surface area (Å²) >= 11 is 0. The third-order valence-corrected chi connectivity index (χ3v) is 13.2. The Balaban J connectivity index is 4.65. The lowest BCUT2D eigenvalue weighted by Crippen LogP contribution is -2.30. The molecule has 0 bridgehead atoms. The van der Waals surface area contributed by atoms with E-state index in [-0.39, 0.29) is 38.5 Å². The van der Waals surface area contributed by atoms with Crippen molar-refractivity contribution >= 4 is 25.7 Å². The molecule has 2 N–H and O–H groups in total. The van der Waals surface area contributed by atoms with Gasteiger partial charge >= 0.3 is 19.8 Å². The average molecular weight is 1050 g/mol. The van der Waals surface area contributed by atoms with E-state index in [1.54, 1.807) is 0 Å². The molecule has 0 fully saturated rings. The van der Waals surface area contributed by atoms with Gasteiger partial charge in [-0.05, 0) is 96.3 Å². The Hall–Kier alpha value is -3.56. The number of phosphoric acid groups is 1. The van der Waals surface area contributed by atoms with Crippen LogP contribution in [0.4, 0.5) is 0 Å². The zero-order chi connectivity index (χ0) is 53.9. The number of rotatable bonds is 54. The Labute approximate surface area is 453 Å². The van der Waals surface area contributed by atoms with Crippen molar-refractivity contribution < 1.29 is 42.4 Å². The van der Waals surface area contributed by atoms with E-state index in [0.29, 0.717) is 32.1 Å². The summed E-state index contributed by atoms with van der Waals surface area (Å²) in [6.45, 7) is 5.65. The van der Waals surface area contributed by atoms with Gasteiger partial charge in [-0.15, -0.1) is 0 Å². The summed E-state index contributed by atoms with van der Waals surface area (Å²) in [5.74, 6) is -1.12. The number of phosphoric ester groups is 1. The zero-order valence-electron chi connectivity index (χ0n) is 47.3. The molecule has 2 atom stereocenters. The van der Waals surface area contributed by atoms with Crippen LogP contribution in [0, 0.1) is 0 Å². The van der Waals surface area contributed by atoms with E-state index in [9.17, 15) is 23.8 Å². The molecule has 74 heavy (non-hydrogen) atoms. The number of esters is 2. The lowest BCUT2D eigenvalue weighted by molar-refractivity contribution is -0.161. The molecule has 0 heterocycles. The number of unbranched alkanes of at least 4 members (excludes halogenated alkanes) is 22. The number of hydrogen-bond acceptors (Lipinski definition) is 8. The van der Waals surface area contributed by atoms with Gasteiger partial charge in [0.05, 0.1) is 13.2 Å². The van der Waals surface area contributed by atoms with Gasteiger partial charge in [0, 0.05) is 25.8 Å². The summed E-state index contributed by atoms with van der Waals surface area (Å²) in [7, 11) is -4.58. The van der Waals surface area contributed by atoms with Crippen molar-refractivity contribution in [2.45, 2.75) is 258 Å². The summed E-state index contributed by atoms with van der Waals surface area (Å²) < 4.78 is 34.1. The van der Waals surface area contributed by atoms with E-state index in [1.165, 1.54) is 116 Å². The van der Waals surface area contributed by atoms with Gasteiger partial charge in [0.1, 0.15) is 6.61 Å². The Bertz CT molecular complexity index is 1600. The molecule has 1 amide bonds. The predicted molar refractivity (Wildman–Crippen MR) is 312 cm³/mol. The van der Waals surface area contributed by atoms with Crippen LogP contribution in [0.3, 0.4) is 0 Å². The second-order valence-corrected chi connectivity index (χ2v) is 20.9. The second kappa shape index (κ2) is 57.2. The van der Waals surface area contributed by atoms with E-state index in [4.69, 9.17) is 18.5 Å². The molecule has 0 aromatic heterocycles. The number of hydrogen-bond donors (Lipinski definition) is 2. The van der Waals surface area contributed by atoms with E-state index >= 15 is 0 Å². The van der Waals surface area contributed by atoms with Gasteiger partial charge in [-0.1, -0.05) is 234 Å². The summed E-state index contributed by atoms with van der Waals surface area (Å²) in [5, 5.41) is 2.70. The maximum absolute atomic E-state index is 12.9. The van der Waals surface area contributed by atoms with Crippen molar-refractivity contribution in [1.29, 1.82) is 0 Å². The normalized spacial score (nSPS) is 13.6. The first kappa shape index (κ1) is 70.4. The molecule has 0 saturated heterocycles. The van der Waals surface area contributed by atoms with Crippen molar-refractivity contribution in [3.05, 3.63) is 97.2 Å². The van der Waals surface area contributed by atoms with Crippen molar-refractivity contribution in [3.8, 4) is 0 Å². The van der Waals surface area contributed by atoms with E-state index in [1.807, 2.05) is 6.08 Å². The van der Waals surface area contributed by atoms with E-state index in [2.05, 4.69) is 117 Å². The minimum absolute atomic E-state index is 0.0212. The SMILES string of the molecule is CCCCC/C=C\C/C=C\C/C=C\C/C=C\CCCC(=O)NCCOP(=O)(O)OC[C@@H](COC(=O)CCC/C=C\C/C=C\C/C=C\C/C=C\CCCCC)OC(=O)CCCCCCCCCCCCCCCCC. The highest BCUT2D eigenvalue weighted by Crippen LogP contribution is 2.43. The Kier molecular flexibility index (Phi) is 54.4. The molecular weight excluding hydrogens is 946 g/mol. The third-order valence-electron chi connectivity index (χ3n) is 12.3. The summed E-state index contributed by atoms with van der Waals surface area (Å²) in [6.07, 6.45) is 70.7. The minimum Gasteiger partial charge on any atom is -0.462 e. The Morgan fingerprint density at radius 3 is 1.20 bits per heavy atom. The fourth-order valence-electron chi connectivity index (χ4n) is 7.78. The standard InChI is InChI=1S/C63H108NO9P/c1-4-7-10-13-16-19-22-25-28-30-33-35-38-41-44-47-50-53-61(65)64-56-57-71-74(68,69)72-59-60(73-63(67)55-52-49-46-43-40-37-32-27-24-21-18-15-12-9-6-3)58-70-62(66)54-51-48-45-42-39-36-34-31-29-26-23-20-17-14-11-8-5-2/h16-17,19-20,25-26,28-29,33-36,41-42,44-45,60H,4-15,18,21-24,27,30-32,37-40,43,46-59H2,1-3H3,(H,64,65)(H,68,69)/b19-16-,20-17-,28-25-,29-26-,35-33-,36-34-,44-41-,45-42-/t60-/m1/s1. The molecule has 1 unspecified atom stereocenters. The maximum Gasteiger partial charge on any atom is 0.472 e. The van der Waals surface area contributed by atoms with E-state index in [0.717, 1.165) is 70.6 Å². The highest BCUT2D eigenvalue weighted by Gasteiger charge is 2.26. The molecule has 11 heteroatoms. The van der Waals surface area contributed by atoms with E-state index < -0.39 is 32.5 Å². The monoisotopic (exact) mass is 1050 g/mol. The molecule has 0 rings (SSSR count). The highest BCUT2D eigenvalue weighted by molar-refractivity contribution is 7.47. The van der Waals surface area contributed by atoms with Gasteiger partial charge in [0.2, 0.25) is 5.91 Å². The quantitative estimate of drug-likeness (QED) is 0.0264. The van der Waals surface area contributed by atoms with Crippen molar-refractivity contribution in [1.82, 2.24) is 5.32 Å². The van der Waals surface area contributed by atoms with Crippen molar-refractivity contribution in [3.63, 3.8) is 0 Å². The molecule has 0 aromatic rings. The minimum atomic E-state index is -4.58. The number of allylic oxidation sites excluding steroid dienone is 16. The fourth-order valence-corrected chi connectivity index (χ4v) is 8.53. The number of ether oxygens (including phenoxy) is 2. The van der Waals surface area contributed by atoms with Crippen LogP contribution in [-0.4, -0.2) is 55.2 Å². The highest BCUT2D eigenvalue weighted by atomic mass is 31.2. The first-order valence-electron chi connectivity index (χ1n) is 29.7. The smallest absolute Gasteiger partial charge is 0.462 e. The number of amides is 1. The number of carbonyl (C=O) groups is 3. The number of carbonyl (C=O) groups excluding carboxylic acids is 3. The molecule has 0 aromatic carbocycles. The molecule has 0 radical (unpaired) electrons. The van der Waals surface area contributed by atoms with Gasteiger partial charge in [0.25, 0.3) is 0 Å². The largest absolute Gasteiger partial charge is 0.472 e. The Morgan fingerprint density at radius 2 is 0.770 bits per heavy atom. The van der Waals surface area contributed by atoms with Gasteiger partial charge in [-0.25, -0.2) is 4.57 Å². The van der Waals surface area contributed by atoms with Crippen LogP contribution >= 0.6 is 7.82 Å². The summed E-state index contributed by atoms with van der Waals surface area (Å²) in [4.78, 5) is 48.2. The average Bonchev–Trinajstić information content (AvgIpc) is 3.39.